The van der Waals surface area contributed by atoms with Gasteiger partial charge in [0, 0.05) is 30.6 Å². The Morgan fingerprint density at radius 3 is 2.47 bits per heavy atom. The van der Waals surface area contributed by atoms with Crippen LogP contribution in [0.25, 0.3) is 11.3 Å². The zero-order valence-electron chi connectivity index (χ0n) is 17.0. The largest absolute Gasteiger partial charge is 0.418 e. The SMILES string of the molecule is OC1CN(c2cccc(SNc3ccc(C(F)(F)F)c(-c4ccccc4C4CC4)n3)n2)C1. The van der Waals surface area contributed by atoms with E-state index in [2.05, 4.69) is 14.7 Å². The van der Waals surface area contributed by atoms with E-state index in [1.54, 1.807) is 12.1 Å². The van der Waals surface area contributed by atoms with Crippen LogP contribution in [-0.4, -0.2) is 34.3 Å². The van der Waals surface area contributed by atoms with Crippen LogP contribution in [0.3, 0.4) is 0 Å². The van der Waals surface area contributed by atoms with Crippen LogP contribution in [0, 0.1) is 0 Å². The van der Waals surface area contributed by atoms with Gasteiger partial charge in [-0.1, -0.05) is 30.3 Å². The number of hydrogen-bond acceptors (Lipinski definition) is 6. The van der Waals surface area contributed by atoms with E-state index in [0.717, 1.165) is 30.3 Å². The minimum absolute atomic E-state index is 0.0538. The van der Waals surface area contributed by atoms with E-state index in [0.29, 0.717) is 35.4 Å². The van der Waals surface area contributed by atoms with Gasteiger partial charge >= 0.3 is 6.18 Å². The summed E-state index contributed by atoms with van der Waals surface area (Å²) in [6, 6.07) is 15.2. The number of nitrogens with one attached hydrogen (secondary N) is 1. The topological polar surface area (TPSA) is 61.3 Å². The lowest BCUT2D eigenvalue weighted by Crippen LogP contribution is -2.51. The molecule has 0 radical (unpaired) electrons. The fraction of sp³-hybridized carbons (Fsp3) is 0.304. The van der Waals surface area contributed by atoms with Crippen LogP contribution in [0.1, 0.15) is 29.9 Å². The third-order valence-electron chi connectivity index (χ3n) is 5.59. The Balaban J connectivity index is 1.41. The van der Waals surface area contributed by atoms with E-state index in [-0.39, 0.29) is 11.8 Å². The van der Waals surface area contributed by atoms with Crippen molar-refractivity contribution in [1.29, 1.82) is 0 Å². The van der Waals surface area contributed by atoms with E-state index in [1.807, 2.05) is 35.2 Å². The quantitative estimate of drug-likeness (QED) is 0.487. The Hall–Kier alpha value is -2.78. The fourth-order valence-corrected chi connectivity index (χ4v) is 4.41. The summed E-state index contributed by atoms with van der Waals surface area (Å²) in [5, 5.41) is 10.1. The van der Waals surface area contributed by atoms with Gasteiger partial charge in [0.2, 0.25) is 0 Å². The zero-order valence-corrected chi connectivity index (χ0v) is 17.8. The van der Waals surface area contributed by atoms with Gasteiger partial charge in [-0.05, 0) is 48.6 Å². The molecule has 3 aromatic rings. The molecule has 32 heavy (non-hydrogen) atoms. The van der Waals surface area contributed by atoms with Crippen molar-refractivity contribution in [2.75, 3.05) is 22.7 Å². The molecule has 5 rings (SSSR count). The molecule has 2 fully saturated rings. The highest BCUT2D eigenvalue weighted by Gasteiger charge is 2.36. The molecule has 3 heterocycles. The van der Waals surface area contributed by atoms with Crippen molar-refractivity contribution in [3.05, 3.63) is 65.7 Å². The van der Waals surface area contributed by atoms with Crippen molar-refractivity contribution in [2.24, 2.45) is 0 Å². The van der Waals surface area contributed by atoms with Crippen LogP contribution in [0.15, 0.2) is 59.6 Å². The summed E-state index contributed by atoms with van der Waals surface area (Å²) in [5.41, 5.74) is 0.660. The first kappa shape index (κ1) is 21.1. The van der Waals surface area contributed by atoms with Gasteiger partial charge in [0.15, 0.2) is 0 Å². The number of nitrogens with zero attached hydrogens (tertiary/aromatic N) is 3. The third kappa shape index (κ3) is 4.40. The number of benzene rings is 1. The average Bonchev–Trinajstić information content (AvgIpc) is 3.60. The summed E-state index contributed by atoms with van der Waals surface area (Å²) in [4.78, 5) is 10.9. The smallest absolute Gasteiger partial charge is 0.389 e. The predicted octanol–water partition coefficient (Wildman–Crippen LogP) is 5.34. The van der Waals surface area contributed by atoms with E-state index in [9.17, 15) is 18.3 Å². The van der Waals surface area contributed by atoms with E-state index < -0.39 is 11.7 Å². The minimum atomic E-state index is -4.50. The number of aliphatic hydroxyl groups excluding tert-OH is 1. The number of aliphatic hydroxyl groups is 1. The van der Waals surface area contributed by atoms with Crippen molar-refractivity contribution in [2.45, 2.75) is 36.1 Å². The average molecular weight is 459 g/mol. The number of anilines is 2. The summed E-state index contributed by atoms with van der Waals surface area (Å²) in [7, 11) is 0. The predicted molar refractivity (Wildman–Crippen MR) is 119 cm³/mol. The van der Waals surface area contributed by atoms with Crippen molar-refractivity contribution in [3.63, 3.8) is 0 Å². The number of rotatable bonds is 6. The van der Waals surface area contributed by atoms with E-state index in [1.165, 1.54) is 18.0 Å². The molecular formula is C23H21F3N4OS. The summed E-state index contributed by atoms with van der Waals surface area (Å²) < 4.78 is 44.3. The maximum atomic E-state index is 13.8. The van der Waals surface area contributed by atoms with Gasteiger partial charge < -0.3 is 14.7 Å². The second-order valence-corrected chi connectivity index (χ2v) is 8.88. The molecule has 0 unspecified atom stereocenters. The van der Waals surface area contributed by atoms with Crippen molar-refractivity contribution in [1.82, 2.24) is 9.97 Å². The molecule has 9 heteroatoms. The lowest BCUT2D eigenvalue weighted by Gasteiger charge is -2.36. The molecule has 0 spiro atoms. The molecule has 0 bridgehead atoms. The Labute approximate surface area is 187 Å². The maximum absolute atomic E-state index is 13.8. The van der Waals surface area contributed by atoms with Crippen molar-refractivity contribution < 1.29 is 18.3 Å². The number of halogens is 3. The van der Waals surface area contributed by atoms with E-state index >= 15 is 0 Å². The Morgan fingerprint density at radius 2 is 1.75 bits per heavy atom. The van der Waals surface area contributed by atoms with Crippen LogP contribution < -0.4 is 9.62 Å². The Kier molecular flexibility index (Phi) is 5.46. The summed E-state index contributed by atoms with van der Waals surface area (Å²) in [6.45, 7) is 1.08. The first-order chi connectivity index (χ1) is 15.4. The highest BCUT2D eigenvalue weighted by molar-refractivity contribution is 8.00. The van der Waals surface area contributed by atoms with Gasteiger partial charge in [0.1, 0.15) is 16.7 Å². The van der Waals surface area contributed by atoms with Gasteiger partial charge in [-0.3, -0.25) is 0 Å². The van der Waals surface area contributed by atoms with Gasteiger partial charge in [-0.15, -0.1) is 0 Å². The highest BCUT2D eigenvalue weighted by Crippen LogP contribution is 2.46. The molecule has 166 valence electrons. The van der Waals surface area contributed by atoms with Crippen LogP contribution in [-0.2, 0) is 6.18 Å². The minimum Gasteiger partial charge on any atom is -0.389 e. The second-order valence-electron chi connectivity index (χ2n) is 8.05. The van der Waals surface area contributed by atoms with Crippen LogP contribution in [0.2, 0.25) is 0 Å². The number of hydrogen-bond donors (Lipinski definition) is 2. The Bertz CT molecular complexity index is 1130. The molecule has 1 aliphatic heterocycles. The third-order valence-corrected chi connectivity index (χ3v) is 6.34. The molecule has 1 saturated carbocycles. The zero-order chi connectivity index (χ0) is 22.3. The van der Waals surface area contributed by atoms with Crippen LogP contribution in [0.5, 0.6) is 0 Å². The number of aromatic nitrogens is 2. The van der Waals surface area contributed by atoms with Gasteiger partial charge in [0.25, 0.3) is 0 Å². The second kappa shape index (κ2) is 8.29. The van der Waals surface area contributed by atoms with Crippen molar-refractivity contribution in [3.8, 4) is 11.3 Å². The standard InChI is InChI=1S/C23H21F3N4OS/c24-23(25,26)18-10-11-19(27-22(18)17-5-2-1-4-16(17)14-8-9-14)29-32-21-7-3-6-20(28-21)30-12-15(31)13-30/h1-7,10-11,14-15,31H,8-9,12-13H2,(H,27,29). The first-order valence-corrected chi connectivity index (χ1v) is 11.2. The molecule has 2 aromatic heterocycles. The molecule has 0 amide bonds. The van der Waals surface area contributed by atoms with Crippen molar-refractivity contribution >= 4 is 23.6 Å². The fourth-order valence-electron chi connectivity index (χ4n) is 3.80. The van der Waals surface area contributed by atoms with Gasteiger partial charge in [-0.2, -0.15) is 13.2 Å². The number of pyridine rings is 2. The number of alkyl halides is 3. The highest BCUT2D eigenvalue weighted by atomic mass is 32.2. The molecule has 5 nitrogen and oxygen atoms in total. The normalized spacial score (nSPS) is 16.7. The number of β-amino-alcohol motifs (C(OH)–C–C–N with tert-alkyl or cyclic N) is 1. The lowest BCUT2D eigenvalue weighted by atomic mass is 9.97. The molecule has 2 N–H and O–H groups in total. The molecule has 0 atom stereocenters. The molecule has 2 aliphatic rings. The molecular weight excluding hydrogens is 437 g/mol. The van der Waals surface area contributed by atoms with Crippen LogP contribution >= 0.6 is 11.9 Å². The van der Waals surface area contributed by atoms with Gasteiger partial charge in [-0.25, -0.2) is 9.97 Å². The molecule has 1 saturated heterocycles. The lowest BCUT2D eigenvalue weighted by molar-refractivity contribution is -0.137. The maximum Gasteiger partial charge on any atom is 0.418 e. The van der Waals surface area contributed by atoms with Crippen LogP contribution in [0.4, 0.5) is 24.8 Å². The summed E-state index contributed by atoms with van der Waals surface area (Å²) in [5.74, 6) is 1.38. The van der Waals surface area contributed by atoms with Gasteiger partial charge in [0.05, 0.1) is 17.4 Å². The van der Waals surface area contributed by atoms with E-state index in [4.69, 9.17) is 0 Å². The molecule has 1 aromatic carbocycles. The summed E-state index contributed by atoms with van der Waals surface area (Å²) in [6.07, 6.45) is -2.85. The first-order valence-electron chi connectivity index (χ1n) is 10.4. The molecule has 1 aliphatic carbocycles. The Morgan fingerprint density at radius 1 is 0.969 bits per heavy atom. The monoisotopic (exact) mass is 458 g/mol. The summed E-state index contributed by atoms with van der Waals surface area (Å²) >= 11 is 1.19.